The van der Waals surface area contributed by atoms with E-state index >= 15 is 0 Å². The Morgan fingerprint density at radius 1 is 1.17 bits per heavy atom. The minimum atomic E-state index is -0.614. The first-order valence-corrected chi connectivity index (χ1v) is 9.64. The Morgan fingerprint density at radius 2 is 1.90 bits per heavy atom. The van der Waals surface area contributed by atoms with E-state index in [-0.39, 0.29) is 18.3 Å². The van der Waals surface area contributed by atoms with Crippen LogP contribution in [0.2, 0.25) is 0 Å². The molecule has 10 heteroatoms. The van der Waals surface area contributed by atoms with Crippen LogP contribution in [-0.2, 0) is 11.3 Å². The van der Waals surface area contributed by atoms with Crippen LogP contribution < -0.4 is 15.8 Å². The molecule has 3 heterocycles. The van der Waals surface area contributed by atoms with E-state index in [0.29, 0.717) is 35.6 Å². The standard InChI is InChI=1S/C20H21N5O5/c1-29-14-10-21-18(22-11-14)19(27)23-13-5-6-16-15(9-13)25(20(28)30-16)12-17(26)24-7-3-2-4-8-24/h5-6,9-11H,2-4,7-8,12H2,1H3,(H,23,27). The fraction of sp³-hybridized carbons (Fsp3) is 0.350. The number of piperidine rings is 1. The van der Waals surface area contributed by atoms with Crippen molar-refractivity contribution in [3.8, 4) is 5.75 Å². The molecule has 10 nitrogen and oxygen atoms in total. The zero-order chi connectivity index (χ0) is 21.1. The lowest BCUT2D eigenvalue weighted by Crippen LogP contribution is -2.39. The van der Waals surface area contributed by atoms with E-state index in [1.54, 1.807) is 23.1 Å². The number of aromatic nitrogens is 3. The number of nitrogens with one attached hydrogen (secondary N) is 1. The molecule has 1 aliphatic rings. The van der Waals surface area contributed by atoms with Crippen molar-refractivity contribution in [2.75, 3.05) is 25.5 Å². The summed E-state index contributed by atoms with van der Waals surface area (Å²) in [6.45, 7) is 1.30. The SMILES string of the molecule is COc1cnc(C(=O)Nc2ccc3oc(=O)n(CC(=O)N4CCCCC4)c3c2)nc1. The minimum Gasteiger partial charge on any atom is -0.494 e. The highest BCUT2D eigenvalue weighted by Gasteiger charge is 2.20. The first-order valence-electron chi connectivity index (χ1n) is 9.64. The molecule has 1 saturated heterocycles. The summed E-state index contributed by atoms with van der Waals surface area (Å²) >= 11 is 0. The van der Waals surface area contributed by atoms with E-state index < -0.39 is 11.7 Å². The first kappa shape index (κ1) is 19.6. The summed E-state index contributed by atoms with van der Waals surface area (Å²) in [4.78, 5) is 46.9. The molecule has 30 heavy (non-hydrogen) atoms. The van der Waals surface area contributed by atoms with Crippen LogP contribution in [0, 0.1) is 0 Å². The summed E-state index contributed by atoms with van der Waals surface area (Å²) in [7, 11) is 1.48. The number of methoxy groups -OCH3 is 1. The molecule has 1 aliphatic heterocycles. The number of ether oxygens (including phenoxy) is 1. The molecule has 4 rings (SSSR count). The smallest absolute Gasteiger partial charge is 0.420 e. The van der Waals surface area contributed by atoms with E-state index in [1.807, 2.05) is 0 Å². The van der Waals surface area contributed by atoms with Gasteiger partial charge in [0.25, 0.3) is 5.91 Å². The fourth-order valence-electron chi connectivity index (χ4n) is 3.39. The van der Waals surface area contributed by atoms with Crippen molar-refractivity contribution in [2.24, 2.45) is 0 Å². The van der Waals surface area contributed by atoms with E-state index in [2.05, 4.69) is 15.3 Å². The van der Waals surface area contributed by atoms with E-state index in [0.717, 1.165) is 19.3 Å². The number of hydrogen-bond donors (Lipinski definition) is 1. The average molecular weight is 411 g/mol. The molecule has 0 unspecified atom stereocenters. The molecule has 1 aromatic carbocycles. The number of fused-ring (bicyclic) bond motifs is 1. The van der Waals surface area contributed by atoms with Crippen molar-refractivity contribution < 1.29 is 18.7 Å². The number of carbonyl (C=O) groups is 2. The normalized spacial score (nSPS) is 14.0. The highest BCUT2D eigenvalue weighted by Crippen LogP contribution is 2.20. The lowest BCUT2D eigenvalue weighted by atomic mass is 10.1. The molecule has 0 bridgehead atoms. The highest BCUT2D eigenvalue weighted by molar-refractivity contribution is 6.02. The molecule has 2 aromatic heterocycles. The van der Waals surface area contributed by atoms with Crippen LogP contribution in [0.15, 0.2) is 39.8 Å². The Morgan fingerprint density at radius 3 is 2.60 bits per heavy atom. The Hall–Kier alpha value is -3.69. The second kappa shape index (κ2) is 8.36. The topological polar surface area (TPSA) is 120 Å². The molecule has 3 aromatic rings. The molecule has 0 saturated carbocycles. The van der Waals surface area contributed by atoms with Gasteiger partial charge in [-0.05, 0) is 37.5 Å². The van der Waals surface area contributed by atoms with Crippen molar-refractivity contribution in [2.45, 2.75) is 25.8 Å². The van der Waals surface area contributed by atoms with Crippen molar-refractivity contribution in [3.63, 3.8) is 0 Å². The maximum absolute atomic E-state index is 12.6. The number of hydrogen-bond acceptors (Lipinski definition) is 7. The summed E-state index contributed by atoms with van der Waals surface area (Å²) in [5.74, 6) is -0.841. The van der Waals surface area contributed by atoms with Gasteiger partial charge in [0.15, 0.2) is 11.3 Å². The van der Waals surface area contributed by atoms with Crippen LogP contribution in [0.3, 0.4) is 0 Å². The van der Waals surface area contributed by atoms with Crippen LogP contribution in [0.25, 0.3) is 11.1 Å². The molecule has 0 spiro atoms. The number of amides is 2. The van der Waals surface area contributed by atoms with Gasteiger partial charge in [-0.2, -0.15) is 0 Å². The largest absolute Gasteiger partial charge is 0.494 e. The Labute approximate surface area is 171 Å². The molecule has 2 amide bonds. The summed E-state index contributed by atoms with van der Waals surface area (Å²) in [6.07, 6.45) is 5.84. The molecule has 0 atom stereocenters. The van der Waals surface area contributed by atoms with Crippen LogP contribution in [0.5, 0.6) is 5.75 Å². The fourth-order valence-corrected chi connectivity index (χ4v) is 3.39. The van der Waals surface area contributed by atoms with Gasteiger partial charge in [-0.15, -0.1) is 0 Å². The minimum absolute atomic E-state index is 0.0271. The number of nitrogens with zero attached hydrogens (tertiary/aromatic N) is 4. The number of likely N-dealkylation sites (tertiary alicyclic amines) is 1. The van der Waals surface area contributed by atoms with Crippen molar-refractivity contribution in [1.29, 1.82) is 0 Å². The lowest BCUT2D eigenvalue weighted by Gasteiger charge is -2.26. The third-order valence-electron chi connectivity index (χ3n) is 4.99. The van der Waals surface area contributed by atoms with Crippen LogP contribution in [-0.4, -0.2) is 51.4 Å². The first-order chi connectivity index (χ1) is 14.5. The van der Waals surface area contributed by atoms with Crippen LogP contribution in [0.1, 0.15) is 29.9 Å². The number of carbonyl (C=O) groups excluding carboxylic acids is 2. The molecule has 0 aliphatic carbocycles. The quantitative estimate of drug-likeness (QED) is 0.678. The Balaban J connectivity index is 1.55. The van der Waals surface area contributed by atoms with Gasteiger partial charge in [0.1, 0.15) is 6.54 Å². The molecule has 0 radical (unpaired) electrons. The second-order valence-electron chi connectivity index (χ2n) is 6.98. The number of oxazole rings is 1. The summed E-state index contributed by atoms with van der Waals surface area (Å²) < 4.78 is 11.5. The van der Waals surface area contributed by atoms with Gasteiger partial charge >= 0.3 is 5.76 Å². The van der Waals surface area contributed by atoms with Crippen LogP contribution in [0.4, 0.5) is 5.69 Å². The summed E-state index contributed by atoms with van der Waals surface area (Å²) in [6, 6.07) is 4.76. The van der Waals surface area contributed by atoms with Crippen molar-refractivity contribution in [3.05, 3.63) is 47.0 Å². The van der Waals surface area contributed by atoms with Gasteiger partial charge in [-0.3, -0.25) is 14.2 Å². The molecule has 1 fully saturated rings. The van der Waals surface area contributed by atoms with Gasteiger partial charge in [0.05, 0.1) is 25.0 Å². The lowest BCUT2D eigenvalue weighted by molar-refractivity contribution is -0.132. The summed E-state index contributed by atoms with van der Waals surface area (Å²) in [5, 5.41) is 2.68. The van der Waals surface area contributed by atoms with Crippen LogP contribution >= 0.6 is 0 Å². The zero-order valence-corrected chi connectivity index (χ0v) is 16.5. The van der Waals surface area contributed by atoms with E-state index in [9.17, 15) is 14.4 Å². The van der Waals surface area contributed by atoms with Crippen molar-refractivity contribution in [1.82, 2.24) is 19.4 Å². The van der Waals surface area contributed by atoms with Gasteiger partial charge in [0, 0.05) is 18.8 Å². The molecular formula is C20H21N5O5. The maximum Gasteiger partial charge on any atom is 0.420 e. The number of benzene rings is 1. The zero-order valence-electron chi connectivity index (χ0n) is 16.5. The number of rotatable bonds is 5. The number of anilines is 1. The molecular weight excluding hydrogens is 390 g/mol. The highest BCUT2D eigenvalue weighted by atomic mass is 16.5. The second-order valence-corrected chi connectivity index (χ2v) is 6.98. The van der Waals surface area contributed by atoms with Gasteiger partial charge in [-0.25, -0.2) is 14.8 Å². The third-order valence-corrected chi connectivity index (χ3v) is 4.99. The Kier molecular flexibility index (Phi) is 5.46. The van der Waals surface area contributed by atoms with E-state index in [1.165, 1.54) is 24.1 Å². The predicted octanol–water partition coefficient (Wildman–Crippen LogP) is 1.66. The third kappa shape index (κ3) is 4.02. The summed E-state index contributed by atoms with van der Waals surface area (Å²) in [5.41, 5.74) is 1.19. The van der Waals surface area contributed by atoms with Gasteiger partial charge in [0.2, 0.25) is 11.7 Å². The van der Waals surface area contributed by atoms with E-state index in [4.69, 9.17) is 9.15 Å². The average Bonchev–Trinajstić information content (AvgIpc) is 3.09. The Bertz CT molecular complexity index is 1130. The monoisotopic (exact) mass is 411 g/mol. The predicted molar refractivity (Wildman–Crippen MR) is 107 cm³/mol. The molecule has 1 N–H and O–H groups in total. The molecule has 156 valence electrons. The maximum atomic E-state index is 12.6. The van der Waals surface area contributed by atoms with Gasteiger partial charge < -0.3 is 19.4 Å². The van der Waals surface area contributed by atoms with Gasteiger partial charge in [-0.1, -0.05) is 0 Å². The van der Waals surface area contributed by atoms with Crippen molar-refractivity contribution >= 4 is 28.6 Å².